The van der Waals surface area contributed by atoms with Crippen LogP contribution in [0.1, 0.15) is 5.76 Å². The van der Waals surface area contributed by atoms with Gasteiger partial charge in [-0.3, -0.25) is 0 Å². The Morgan fingerprint density at radius 1 is 1.20 bits per heavy atom. The van der Waals surface area contributed by atoms with Gasteiger partial charge in [0.2, 0.25) is 15.1 Å². The highest BCUT2D eigenvalue weighted by atomic mass is 32.2. The second kappa shape index (κ2) is 6.68. The van der Waals surface area contributed by atoms with E-state index in [0.717, 1.165) is 4.31 Å². The molecule has 0 amide bonds. The number of nitrogens with one attached hydrogen (secondary N) is 2. The minimum Gasteiger partial charge on any atom is -0.447 e. The van der Waals surface area contributed by atoms with E-state index in [4.69, 9.17) is 4.42 Å². The van der Waals surface area contributed by atoms with Crippen molar-refractivity contribution in [1.29, 1.82) is 0 Å². The summed E-state index contributed by atoms with van der Waals surface area (Å²) in [6, 6.07) is 2.91. The molecule has 0 bridgehead atoms. The third-order valence-corrected chi connectivity index (χ3v) is 5.58. The smallest absolute Gasteiger partial charge is 0.275 e. The van der Waals surface area contributed by atoms with E-state index in [9.17, 15) is 16.8 Å². The molecule has 0 fully saturated rings. The maximum Gasteiger partial charge on any atom is 0.275 e. The Bertz CT molecular complexity index is 634. The van der Waals surface area contributed by atoms with Gasteiger partial charge < -0.3 is 9.73 Å². The number of furan rings is 1. The Kier molecular flexibility index (Phi) is 5.71. The molecule has 1 aromatic heterocycles. The molecule has 2 N–H and O–H groups in total. The van der Waals surface area contributed by atoms with Gasteiger partial charge in [-0.15, -0.1) is 0 Å². The highest BCUT2D eigenvalue weighted by Gasteiger charge is 2.21. The van der Waals surface area contributed by atoms with Crippen LogP contribution in [0.2, 0.25) is 0 Å². The van der Waals surface area contributed by atoms with Gasteiger partial charge in [-0.25, -0.2) is 25.9 Å². The number of hydrogen-bond donors (Lipinski definition) is 2. The summed E-state index contributed by atoms with van der Waals surface area (Å²) >= 11 is 0. The Morgan fingerprint density at radius 2 is 1.85 bits per heavy atom. The third-order valence-electron chi connectivity index (χ3n) is 2.53. The fourth-order valence-electron chi connectivity index (χ4n) is 1.29. The first-order valence-corrected chi connectivity index (χ1v) is 8.91. The van der Waals surface area contributed by atoms with E-state index >= 15 is 0 Å². The molecule has 0 aliphatic carbocycles. The first kappa shape index (κ1) is 17.1. The molecule has 0 aromatic carbocycles. The summed E-state index contributed by atoms with van der Waals surface area (Å²) in [6.45, 7) is 0.488. The van der Waals surface area contributed by atoms with Crippen molar-refractivity contribution >= 4 is 20.0 Å². The summed E-state index contributed by atoms with van der Waals surface area (Å²) in [5.41, 5.74) is 0. The summed E-state index contributed by atoms with van der Waals surface area (Å²) in [4.78, 5) is 0. The van der Waals surface area contributed by atoms with E-state index in [0.29, 0.717) is 5.76 Å². The second-order valence-corrected chi connectivity index (χ2v) is 8.34. The largest absolute Gasteiger partial charge is 0.447 e. The van der Waals surface area contributed by atoms with Crippen LogP contribution in [0.4, 0.5) is 0 Å². The lowest BCUT2D eigenvalue weighted by atomic mass is 10.4. The fraction of sp³-hybridized carbons (Fsp3) is 0.600. The summed E-state index contributed by atoms with van der Waals surface area (Å²) in [5.74, 6) is 0.361. The fourth-order valence-corrected chi connectivity index (χ4v) is 2.72. The van der Waals surface area contributed by atoms with Crippen molar-refractivity contribution in [3.8, 4) is 0 Å². The van der Waals surface area contributed by atoms with E-state index in [1.807, 2.05) is 0 Å². The zero-order valence-electron chi connectivity index (χ0n) is 11.6. The van der Waals surface area contributed by atoms with Crippen LogP contribution in [0.15, 0.2) is 21.6 Å². The number of rotatable bonds is 8. The van der Waals surface area contributed by atoms with Gasteiger partial charge in [-0.1, -0.05) is 0 Å². The van der Waals surface area contributed by atoms with E-state index < -0.39 is 20.0 Å². The molecule has 20 heavy (non-hydrogen) atoms. The van der Waals surface area contributed by atoms with Gasteiger partial charge in [-0.2, -0.15) is 0 Å². The van der Waals surface area contributed by atoms with Crippen LogP contribution in [-0.2, 0) is 26.6 Å². The van der Waals surface area contributed by atoms with Crippen LogP contribution in [0, 0.1) is 0 Å². The zero-order chi connectivity index (χ0) is 15.4. The van der Waals surface area contributed by atoms with Gasteiger partial charge in [0.05, 0.1) is 12.3 Å². The van der Waals surface area contributed by atoms with E-state index in [1.54, 1.807) is 0 Å². The monoisotopic (exact) mass is 325 g/mol. The first-order valence-electron chi connectivity index (χ1n) is 5.82. The molecule has 8 nitrogen and oxygen atoms in total. The predicted octanol–water partition coefficient (Wildman–Crippen LogP) is -0.831. The average Bonchev–Trinajstić information content (AvgIpc) is 2.84. The lowest BCUT2D eigenvalue weighted by Crippen LogP contribution is -2.29. The number of sulfonamides is 2. The van der Waals surface area contributed by atoms with Crippen molar-refractivity contribution in [3.05, 3.63) is 17.9 Å². The van der Waals surface area contributed by atoms with Crippen LogP contribution >= 0.6 is 0 Å². The first-order chi connectivity index (χ1) is 9.19. The zero-order valence-corrected chi connectivity index (χ0v) is 13.2. The average molecular weight is 325 g/mol. The van der Waals surface area contributed by atoms with Gasteiger partial charge in [0, 0.05) is 20.6 Å². The molecule has 1 rings (SSSR count). The van der Waals surface area contributed by atoms with Crippen molar-refractivity contribution in [3.63, 3.8) is 0 Å². The Balaban J connectivity index is 2.54. The molecular weight excluding hydrogens is 306 g/mol. The summed E-state index contributed by atoms with van der Waals surface area (Å²) in [7, 11) is -2.65. The van der Waals surface area contributed by atoms with Gasteiger partial charge in [0.1, 0.15) is 5.76 Å². The number of nitrogens with zero attached hydrogens (tertiary/aromatic N) is 1. The maximum atomic E-state index is 11.8. The summed E-state index contributed by atoms with van der Waals surface area (Å²) in [6.07, 6.45) is 0. The summed E-state index contributed by atoms with van der Waals surface area (Å²) in [5, 5.41) is 2.73. The topological polar surface area (TPSA) is 109 Å². The van der Waals surface area contributed by atoms with Gasteiger partial charge in [-0.05, 0) is 19.2 Å². The molecule has 0 aliphatic heterocycles. The van der Waals surface area contributed by atoms with Gasteiger partial charge in [0.25, 0.3) is 10.0 Å². The van der Waals surface area contributed by atoms with Crippen LogP contribution in [0.25, 0.3) is 0 Å². The van der Waals surface area contributed by atoms with Crippen molar-refractivity contribution in [2.45, 2.75) is 11.6 Å². The maximum absolute atomic E-state index is 11.8. The minimum absolute atomic E-state index is 0.0624. The number of hydrogen-bond acceptors (Lipinski definition) is 6. The molecule has 0 atom stereocenters. The molecule has 0 saturated carbocycles. The standard InChI is InChI=1S/C10H19N3O5S2/c1-11-19(14,15)7-6-12-8-9-4-5-10(18-9)20(16,17)13(2)3/h4-5,11-12H,6-8H2,1-3H3. The van der Waals surface area contributed by atoms with Gasteiger partial charge in [0.15, 0.2) is 0 Å². The van der Waals surface area contributed by atoms with Crippen molar-refractivity contribution < 1.29 is 21.3 Å². The normalized spacial score (nSPS) is 13.0. The Morgan fingerprint density at radius 3 is 2.40 bits per heavy atom. The predicted molar refractivity (Wildman–Crippen MR) is 74.1 cm³/mol. The Labute approximate surface area is 119 Å². The van der Waals surface area contributed by atoms with Crippen molar-refractivity contribution in [1.82, 2.24) is 14.3 Å². The molecule has 1 aromatic rings. The van der Waals surface area contributed by atoms with Crippen LogP contribution in [0.3, 0.4) is 0 Å². The molecule has 0 spiro atoms. The second-order valence-electron chi connectivity index (χ2n) is 4.21. The molecule has 0 saturated heterocycles. The third kappa shape index (κ3) is 4.56. The molecule has 1 heterocycles. The van der Waals surface area contributed by atoms with Gasteiger partial charge >= 0.3 is 0 Å². The van der Waals surface area contributed by atoms with Crippen LogP contribution in [0.5, 0.6) is 0 Å². The van der Waals surface area contributed by atoms with E-state index in [2.05, 4.69) is 10.0 Å². The molecule has 10 heteroatoms. The quantitative estimate of drug-likeness (QED) is 0.604. The lowest BCUT2D eigenvalue weighted by Gasteiger charge is -2.08. The molecule has 0 aliphatic rings. The van der Waals surface area contributed by atoms with Crippen molar-refractivity contribution in [2.75, 3.05) is 33.4 Å². The van der Waals surface area contributed by atoms with E-state index in [-0.39, 0.29) is 23.9 Å². The van der Waals surface area contributed by atoms with Crippen LogP contribution in [-0.4, -0.2) is 54.6 Å². The SMILES string of the molecule is CNS(=O)(=O)CCNCc1ccc(S(=O)(=O)N(C)C)o1. The summed E-state index contributed by atoms with van der Waals surface area (Å²) < 4.78 is 54.3. The van der Waals surface area contributed by atoms with Crippen LogP contribution < -0.4 is 10.0 Å². The van der Waals surface area contributed by atoms with Crippen molar-refractivity contribution in [2.24, 2.45) is 0 Å². The molecule has 0 radical (unpaired) electrons. The highest BCUT2D eigenvalue weighted by molar-refractivity contribution is 7.89. The molecular formula is C10H19N3O5S2. The molecule has 0 unspecified atom stereocenters. The van der Waals surface area contributed by atoms with E-state index in [1.165, 1.54) is 33.3 Å². The highest BCUT2D eigenvalue weighted by Crippen LogP contribution is 2.16. The molecule has 116 valence electrons. The lowest BCUT2D eigenvalue weighted by molar-refractivity contribution is 0.390. The Hall–Kier alpha value is -0.940. The minimum atomic E-state index is -3.58.